The van der Waals surface area contributed by atoms with Gasteiger partial charge >= 0.3 is 5.97 Å². The van der Waals surface area contributed by atoms with Crippen molar-refractivity contribution in [3.05, 3.63) is 0 Å². The zero-order valence-electron chi connectivity index (χ0n) is 10.2. The van der Waals surface area contributed by atoms with Gasteiger partial charge in [0.15, 0.2) is 0 Å². The van der Waals surface area contributed by atoms with E-state index in [9.17, 15) is 4.79 Å². The molecule has 1 saturated carbocycles. The Labute approximate surface area is 92.4 Å². The number of hydrogen-bond acceptors (Lipinski definition) is 2. The molecule has 2 rings (SSSR count). The molecule has 0 radical (unpaired) electrons. The van der Waals surface area contributed by atoms with Crippen molar-refractivity contribution < 1.29 is 9.53 Å². The van der Waals surface area contributed by atoms with Crippen molar-refractivity contribution >= 4 is 5.97 Å². The second-order valence-electron chi connectivity index (χ2n) is 5.98. The van der Waals surface area contributed by atoms with Gasteiger partial charge in [-0.25, -0.2) is 0 Å². The summed E-state index contributed by atoms with van der Waals surface area (Å²) in [7, 11) is 0. The van der Waals surface area contributed by atoms with E-state index >= 15 is 0 Å². The lowest BCUT2D eigenvalue weighted by molar-refractivity contribution is -0.145. The van der Waals surface area contributed by atoms with Crippen LogP contribution in [0.1, 0.15) is 47.0 Å². The monoisotopic (exact) mass is 210 g/mol. The summed E-state index contributed by atoms with van der Waals surface area (Å²) in [5.74, 6) is 1.32. The highest BCUT2D eigenvalue weighted by Gasteiger charge is 2.49. The van der Waals surface area contributed by atoms with Crippen LogP contribution in [0.15, 0.2) is 0 Å². The Hall–Kier alpha value is -0.530. The first-order chi connectivity index (χ1) is 6.94. The second-order valence-corrected chi connectivity index (χ2v) is 5.98. The van der Waals surface area contributed by atoms with Gasteiger partial charge in [0, 0.05) is 5.92 Å². The van der Waals surface area contributed by atoms with E-state index in [0.29, 0.717) is 17.3 Å². The SMILES string of the molecule is CC1C(=O)OC2CC(C)(C(C)C)CCC21. The van der Waals surface area contributed by atoms with Crippen LogP contribution in [-0.2, 0) is 9.53 Å². The zero-order chi connectivity index (χ0) is 11.2. The molecule has 2 heteroatoms. The van der Waals surface area contributed by atoms with Gasteiger partial charge in [-0.05, 0) is 30.6 Å². The summed E-state index contributed by atoms with van der Waals surface area (Å²) in [6.07, 6.45) is 3.67. The van der Waals surface area contributed by atoms with E-state index in [1.54, 1.807) is 0 Å². The number of esters is 1. The van der Waals surface area contributed by atoms with E-state index in [2.05, 4.69) is 20.8 Å². The van der Waals surface area contributed by atoms with Gasteiger partial charge in [0.1, 0.15) is 6.10 Å². The van der Waals surface area contributed by atoms with Crippen LogP contribution in [0.4, 0.5) is 0 Å². The summed E-state index contributed by atoms with van der Waals surface area (Å²) in [4.78, 5) is 11.5. The van der Waals surface area contributed by atoms with Crippen LogP contribution < -0.4 is 0 Å². The Morgan fingerprint density at radius 2 is 2.13 bits per heavy atom. The third-order valence-corrected chi connectivity index (χ3v) is 4.87. The lowest BCUT2D eigenvalue weighted by atomic mass is 9.63. The van der Waals surface area contributed by atoms with E-state index in [1.807, 2.05) is 6.92 Å². The van der Waals surface area contributed by atoms with Gasteiger partial charge in [-0.1, -0.05) is 27.7 Å². The molecular formula is C13H22O2. The van der Waals surface area contributed by atoms with Crippen molar-refractivity contribution in [3.63, 3.8) is 0 Å². The molecule has 1 heterocycles. The Morgan fingerprint density at radius 3 is 2.73 bits per heavy atom. The maximum absolute atomic E-state index is 11.5. The molecule has 4 atom stereocenters. The predicted molar refractivity (Wildman–Crippen MR) is 59.3 cm³/mol. The Balaban J connectivity index is 2.11. The summed E-state index contributed by atoms with van der Waals surface area (Å²) in [6, 6.07) is 0. The van der Waals surface area contributed by atoms with E-state index in [-0.39, 0.29) is 18.0 Å². The number of hydrogen-bond donors (Lipinski definition) is 0. The first kappa shape index (κ1) is 11.0. The smallest absolute Gasteiger partial charge is 0.309 e. The van der Waals surface area contributed by atoms with Gasteiger partial charge in [0.25, 0.3) is 0 Å². The molecule has 4 unspecified atom stereocenters. The first-order valence-corrected chi connectivity index (χ1v) is 6.14. The van der Waals surface area contributed by atoms with Crippen LogP contribution >= 0.6 is 0 Å². The van der Waals surface area contributed by atoms with Gasteiger partial charge in [-0.15, -0.1) is 0 Å². The van der Waals surface area contributed by atoms with Crippen LogP contribution in [0.5, 0.6) is 0 Å². The quantitative estimate of drug-likeness (QED) is 0.622. The highest BCUT2D eigenvalue weighted by molar-refractivity contribution is 5.74. The largest absolute Gasteiger partial charge is 0.462 e. The molecule has 86 valence electrons. The first-order valence-electron chi connectivity index (χ1n) is 6.14. The molecule has 1 aliphatic heterocycles. The van der Waals surface area contributed by atoms with Crippen LogP contribution in [0.2, 0.25) is 0 Å². The third kappa shape index (κ3) is 1.68. The van der Waals surface area contributed by atoms with E-state index in [4.69, 9.17) is 4.74 Å². The molecule has 2 aliphatic rings. The Morgan fingerprint density at radius 1 is 1.47 bits per heavy atom. The van der Waals surface area contributed by atoms with Crippen molar-refractivity contribution in [2.75, 3.05) is 0 Å². The molecule has 0 aromatic heterocycles. The van der Waals surface area contributed by atoms with Crippen molar-refractivity contribution in [1.82, 2.24) is 0 Å². The maximum atomic E-state index is 11.5. The van der Waals surface area contributed by atoms with Crippen molar-refractivity contribution in [3.8, 4) is 0 Å². The molecule has 0 aromatic rings. The van der Waals surface area contributed by atoms with Crippen LogP contribution in [0.25, 0.3) is 0 Å². The fourth-order valence-electron chi connectivity index (χ4n) is 3.05. The lowest BCUT2D eigenvalue weighted by Crippen LogP contribution is -2.37. The molecule has 0 amide bonds. The molecule has 0 N–H and O–H groups in total. The minimum Gasteiger partial charge on any atom is -0.462 e. The highest BCUT2D eigenvalue weighted by atomic mass is 16.6. The summed E-state index contributed by atoms with van der Waals surface area (Å²) in [5.41, 5.74) is 0.367. The molecule has 2 nitrogen and oxygen atoms in total. The topological polar surface area (TPSA) is 26.3 Å². The number of rotatable bonds is 1. The number of carbonyl (C=O) groups is 1. The summed E-state index contributed by atoms with van der Waals surface area (Å²) in [5, 5.41) is 0. The molecule has 0 bridgehead atoms. The zero-order valence-corrected chi connectivity index (χ0v) is 10.2. The Kier molecular flexibility index (Phi) is 2.56. The number of ether oxygens (including phenoxy) is 1. The highest BCUT2D eigenvalue weighted by Crippen LogP contribution is 2.49. The van der Waals surface area contributed by atoms with Crippen molar-refractivity contribution in [2.45, 2.75) is 53.1 Å². The summed E-state index contributed by atoms with van der Waals surface area (Å²) in [6.45, 7) is 8.91. The number of carbonyl (C=O) groups excluding carboxylic acids is 1. The minimum absolute atomic E-state index is 0.0259. The molecule has 0 spiro atoms. The van der Waals surface area contributed by atoms with Crippen LogP contribution in [-0.4, -0.2) is 12.1 Å². The van der Waals surface area contributed by atoms with Gasteiger partial charge in [-0.2, -0.15) is 0 Å². The Bertz CT molecular complexity index is 272. The molecule has 1 aliphatic carbocycles. The second kappa shape index (κ2) is 3.50. The van der Waals surface area contributed by atoms with Crippen molar-refractivity contribution in [1.29, 1.82) is 0 Å². The molecule has 1 saturated heterocycles. The molecular weight excluding hydrogens is 188 g/mol. The molecule has 0 aromatic carbocycles. The van der Waals surface area contributed by atoms with E-state index in [1.165, 1.54) is 6.42 Å². The predicted octanol–water partition coefficient (Wildman–Crippen LogP) is 3.01. The van der Waals surface area contributed by atoms with E-state index in [0.717, 1.165) is 12.8 Å². The minimum atomic E-state index is 0.0259. The van der Waals surface area contributed by atoms with E-state index < -0.39 is 0 Å². The lowest BCUT2D eigenvalue weighted by Gasteiger charge is -2.42. The fraction of sp³-hybridized carbons (Fsp3) is 0.923. The van der Waals surface area contributed by atoms with Crippen molar-refractivity contribution in [2.24, 2.45) is 23.2 Å². The fourth-order valence-corrected chi connectivity index (χ4v) is 3.05. The normalized spacial score (nSPS) is 45.4. The third-order valence-electron chi connectivity index (χ3n) is 4.87. The van der Waals surface area contributed by atoms with Crippen LogP contribution in [0.3, 0.4) is 0 Å². The van der Waals surface area contributed by atoms with Gasteiger partial charge in [0.05, 0.1) is 5.92 Å². The number of fused-ring (bicyclic) bond motifs is 1. The average molecular weight is 210 g/mol. The van der Waals surface area contributed by atoms with Gasteiger partial charge in [0.2, 0.25) is 0 Å². The average Bonchev–Trinajstić information content (AvgIpc) is 2.42. The van der Waals surface area contributed by atoms with Gasteiger partial charge < -0.3 is 4.74 Å². The van der Waals surface area contributed by atoms with Gasteiger partial charge in [-0.3, -0.25) is 4.79 Å². The standard InChI is InChI=1S/C13H22O2/c1-8(2)13(4)6-5-10-9(3)12(14)15-11(10)7-13/h8-11H,5-7H2,1-4H3. The molecule has 2 fully saturated rings. The summed E-state index contributed by atoms with van der Waals surface area (Å²) >= 11 is 0. The summed E-state index contributed by atoms with van der Waals surface area (Å²) < 4.78 is 5.48. The maximum Gasteiger partial charge on any atom is 0.309 e. The molecule has 15 heavy (non-hydrogen) atoms. The van der Waals surface area contributed by atoms with Crippen LogP contribution in [0, 0.1) is 23.2 Å².